The molecule has 5 nitrogen and oxygen atoms in total. The molecule has 30 heavy (non-hydrogen) atoms. The highest BCUT2D eigenvalue weighted by Gasteiger charge is 2.38. The Morgan fingerprint density at radius 2 is 1.77 bits per heavy atom. The van der Waals surface area contributed by atoms with Crippen molar-refractivity contribution in [3.8, 4) is 5.75 Å². The molecule has 154 valence electrons. The Balaban J connectivity index is 2.07. The van der Waals surface area contributed by atoms with Gasteiger partial charge in [0, 0.05) is 11.4 Å². The third-order valence-corrected chi connectivity index (χ3v) is 5.09. The van der Waals surface area contributed by atoms with Gasteiger partial charge in [0.05, 0.1) is 12.8 Å². The molecule has 0 saturated heterocycles. The zero-order chi connectivity index (χ0) is 21.8. The average Bonchev–Trinajstić information content (AvgIpc) is 2.98. The Bertz CT molecular complexity index is 1060. The van der Waals surface area contributed by atoms with Crippen LogP contribution < -0.4 is 9.64 Å². The summed E-state index contributed by atoms with van der Waals surface area (Å²) in [6.07, 6.45) is 3.45. The molecule has 0 aliphatic carbocycles. The molecule has 0 aromatic heterocycles. The summed E-state index contributed by atoms with van der Waals surface area (Å²) in [6, 6.07) is 13.3. The van der Waals surface area contributed by atoms with E-state index in [4.69, 9.17) is 9.47 Å². The second-order valence-electron chi connectivity index (χ2n) is 7.08. The highest BCUT2D eigenvalue weighted by Crippen LogP contribution is 2.36. The zero-order valence-electron chi connectivity index (χ0n) is 17.7. The van der Waals surface area contributed by atoms with Crippen molar-refractivity contribution in [2.24, 2.45) is 0 Å². The van der Waals surface area contributed by atoms with Gasteiger partial charge in [-0.1, -0.05) is 30.9 Å². The molecular formula is C25H25NO4. The molecule has 0 fully saturated rings. The number of ether oxygens (including phenoxy) is 2. The molecule has 1 aliphatic heterocycles. The first-order valence-electron chi connectivity index (χ1n) is 9.64. The van der Waals surface area contributed by atoms with Crippen LogP contribution in [0.3, 0.4) is 0 Å². The standard InChI is InChI=1S/C25H25NO4/c1-6-13-30-21-11-8-19(9-12-21)15-22-24(27)23(25(28)29-5)18(4)26(22)20-10-7-16(2)17(3)14-20/h6-12,14-15H,1,13H2,2-5H3. The van der Waals surface area contributed by atoms with E-state index in [1.165, 1.54) is 7.11 Å². The molecule has 0 N–H and O–H groups in total. The molecular weight excluding hydrogens is 378 g/mol. The van der Waals surface area contributed by atoms with Crippen molar-refractivity contribution in [2.75, 3.05) is 18.6 Å². The number of hydrogen-bond donors (Lipinski definition) is 0. The van der Waals surface area contributed by atoms with Gasteiger partial charge in [0.1, 0.15) is 17.9 Å². The Labute approximate surface area is 176 Å². The summed E-state index contributed by atoms with van der Waals surface area (Å²) in [7, 11) is 1.28. The van der Waals surface area contributed by atoms with Crippen LogP contribution in [0.1, 0.15) is 23.6 Å². The van der Waals surface area contributed by atoms with E-state index in [-0.39, 0.29) is 11.4 Å². The molecule has 0 unspecified atom stereocenters. The summed E-state index contributed by atoms with van der Waals surface area (Å²) >= 11 is 0. The fraction of sp³-hybridized carbons (Fsp3) is 0.200. The number of methoxy groups -OCH3 is 1. The van der Waals surface area contributed by atoms with E-state index in [9.17, 15) is 9.59 Å². The van der Waals surface area contributed by atoms with Crippen LogP contribution in [0.5, 0.6) is 5.75 Å². The lowest BCUT2D eigenvalue weighted by molar-refractivity contribution is -0.137. The van der Waals surface area contributed by atoms with Crippen LogP contribution >= 0.6 is 0 Å². The van der Waals surface area contributed by atoms with Crippen LogP contribution in [-0.4, -0.2) is 25.5 Å². The van der Waals surface area contributed by atoms with E-state index in [0.717, 1.165) is 22.4 Å². The van der Waals surface area contributed by atoms with Gasteiger partial charge in [0.2, 0.25) is 5.78 Å². The van der Waals surface area contributed by atoms with Crippen LogP contribution in [0.2, 0.25) is 0 Å². The second kappa shape index (κ2) is 8.82. The second-order valence-corrected chi connectivity index (χ2v) is 7.08. The molecule has 0 spiro atoms. The van der Waals surface area contributed by atoms with E-state index in [2.05, 4.69) is 6.58 Å². The van der Waals surface area contributed by atoms with Gasteiger partial charge in [-0.3, -0.25) is 4.79 Å². The minimum absolute atomic E-state index is 0.0490. The molecule has 2 aromatic carbocycles. The van der Waals surface area contributed by atoms with Crippen molar-refractivity contribution >= 4 is 23.5 Å². The minimum Gasteiger partial charge on any atom is -0.490 e. The van der Waals surface area contributed by atoms with Gasteiger partial charge in [-0.05, 0) is 67.8 Å². The summed E-state index contributed by atoms with van der Waals surface area (Å²) in [5.41, 5.74) is 4.88. The lowest BCUT2D eigenvalue weighted by Crippen LogP contribution is -2.18. The summed E-state index contributed by atoms with van der Waals surface area (Å²) in [5, 5.41) is 0. The normalized spacial score (nSPS) is 15.0. The Hall–Kier alpha value is -3.60. The van der Waals surface area contributed by atoms with Crippen molar-refractivity contribution in [2.45, 2.75) is 20.8 Å². The number of esters is 1. The highest BCUT2D eigenvalue weighted by atomic mass is 16.5. The third-order valence-electron chi connectivity index (χ3n) is 5.09. The van der Waals surface area contributed by atoms with Crippen molar-refractivity contribution < 1.29 is 19.1 Å². The van der Waals surface area contributed by atoms with Crippen LogP contribution in [0.4, 0.5) is 5.69 Å². The Kier molecular flexibility index (Phi) is 6.21. The molecule has 0 bridgehead atoms. The molecule has 5 heteroatoms. The maximum Gasteiger partial charge on any atom is 0.343 e. The molecule has 0 saturated carbocycles. The number of ketones is 1. The first-order valence-corrected chi connectivity index (χ1v) is 9.64. The van der Waals surface area contributed by atoms with Gasteiger partial charge >= 0.3 is 5.97 Å². The van der Waals surface area contributed by atoms with Gasteiger partial charge in [0.15, 0.2) is 0 Å². The number of anilines is 1. The van der Waals surface area contributed by atoms with E-state index in [1.807, 2.05) is 61.2 Å². The van der Waals surface area contributed by atoms with Crippen LogP contribution in [-0.2, 0) is 14.3 Å². The quantitative estimate of drug-likeness (QED) is 0.302. The minimum atomic E-state index is -0.636. The topological polar surface area (TPSA) is 55.8 Å². The molecule has 3 rings (SSSR count). The number of nitrogens with zero attached hydrogens (tertiary/aromatic N) is 1. The summed E-state index contributed by atoms with van der Waals surface area (Å²) in [4.78, 5) is 27.3. The number of rotatable bonds is 6. The number of hydrogen-bond acceptors (Lipinski definition) is 5. The summed E-state index contributed by atoms with van der Waals surface area (Å²) in [5.74, 6) is -0.280. The number of carbonyl (C=O) groups excluding carboxylic acids is 2. The summed E-state index contributed by atoms with van der Waals surface area (Å²) < 4.78 is 10.4. The molecule has 1 aliphatic rings. The lowest BCUT2D eigenvalue weighted by Gasteiger charge is -2.22. The van der Waals surface area contributed by atoms with Crippen molar-refractivity contribution in [3.63, 3.8) is 0 Å². The third kappa shape index (κ3) is 4.06. The van der Waals surface area contributed by atoms with Crippen molar-refractivity contribution in [1.29, 1.82) is 0 Å². The fourth-order valence-corrected chi connectivity index (χ4v) is 3.33. The number of carbonyl (C=O) groups is 2. The highest BCUT2D eigenvalue weighted by molar-refractivity contribution is 6.30. The van der Waals surface area contributed by atoms with E-state index < -0.39 is 5.97 Å². The Morgan fingerprint density at radius 3 is 2.37 bits per heavy atom. The van der Waals surface area contributed by atoms with E-state index >= 15 is 0 Å². The van der Waals surface area contributed by atoms with Crippen molar-refractivity contribution in [1.82, 2.24) is 0 Å². The maximum absolute atomic E-state index is 13.2. The van der Waals surface area contributed by atoms with Crippen LogP contribution in [0.25, 0.3) is 6.08 Å². The van der Waals surface area contributed by atoms with Crippen LogP contribution in [0.15, 0.2) is 72.1 Å². The zero-order valence-corrected chi connectivity index (χ0v) is 17.7. The first kappa shape index (κ1) is 21.1. The lowest BCUT2D eigenvalue weighted by atomic mass is 10.1. The monoisotopic (exact) mass is 403 g/mol. The predicted molar refractivity (Wildman–Crippen MR) is 118 cm³/mol. The van der Waals surface area contributed by atoms with Gasteiger partial charge in [-0.25, -0.2) is 4.79 Å². The van der Waals surface area contributed by atoms with Gasteiger partial charge in [-0.2, -0.15) is 0 Å². The summed E-state index contributed by atoms with van der Waals surface area (Å²) in [6.45, 7) is 9.86. The molecule has 1 heterocycles. The largest absolute Gasteiger partial charge is 0.490 e. The van der Waals surface area contributed by atoms with E-state index in [0.29, 0.717) is 23.8 Å². The van der Waals surface area contributed by atoms with Gasteiger partial charge < -0.3 is 14.4 Å². The average molecular weight is 403 g/mol. The molecule has 0 amide bonds. The number of Topliss-reactive ketones (excluding diaryl/α,β-unsaturated/α-hetero) is 1. The number of allylic oxidation sites excluding steroid dienone is 2. The Morgan fingerprint density at radius 1 is 1.07 bits per heavy atom. The molecule has 0 radical (unpaired) electrons. The molecule has 0 atom stereocenters. The predicted octanol–water partition coefficient (Wildman–Crippen LogP) is 4.75. The van der Waals surface area contributed by atoms with E-state index in [1.54, 1.807) is 19.1 Å². The smallest absolute Gasteiger partial charge is 0.343 e. The van der Waals surface area contributed by atoms with Gasteiger partial charge in [0.25, 0.3) is 0 Å². The fourth-order valence-electron chi connectivity index (χ4n) is 3.33. The van der Waals surface area contributed by atoms with Crippen LogP contribution in [0, 0.1) is 13.8 Å². The van der Waals surface area contributed by atoms with Crippen molar-refractivity contribution in [3.05, 3.63) is 88.8 Å². The van der Waals surface area contributed by atoms with Gasteiger partial charge in [-0.15, -0.1) is 0 Å². The number of benzene rings is 2. The SMILES string of the molecule is C=CCOc1ccc(C=C2C(=O)C(C(=O)OC)=C(C)N2c2ccc(C)c(C)c2)cc1. The number of aryl methyl sites for hydroxylation is 2. The first-order chi connectivity index (χ1) is 14.4. The maximum atomic E-state index is 13.2. The molecule has 2 aromatic rings.